The normalized spacial score (nSPS) is 17.3. The van der Waals surface area contributed by atoms with E-state index in [0.29, 0.717) is 32.7 Å². The third kappa shape index (κ3) is 5.57. The lowest BCUT2D eigenvalue weighted by atomic mass is 9.97. The number of hydrogen-bond donors (Lipinski definition) is 0. The van der Waals surface area contributed by atoms with Gasteiger partial charge in [-0.25, -0.2) is 4.39 Å². The van der Waals surface area contributed by atoms with Gasteiger partial charge in [-0.05, 0) is 56.4 Å². The lowest BCUT2D eigenvalue weighted by Crippen LogP contribution is -2.51. The number of nitrogens with zero attached hydrogens (tertiary/aromatic N) is 3. The van der Waals surface area contributed by atoms with Crippen LogP contribution in [0, 0.1) is 5.82 Å². The van der Waals surface area contributed by atoms with Crippen molar-refractivity contribution in [3.63, 3.8) is 0 Å². The Balaban J connectivity index is 1.48. The number of benzene rings is 1. The zero-order valence-corrected chi connectivity index (χ0v) is 16.7. The molecule has 0 saturated carbocycles. The van der Waals surface area contributed by atoms with E-state index >= 15 is 0 Å². The Morgan fingerprint density at radius 2 is 1.79 bits per heavy atom. The van der Waals surface area contributed by atoms with Gasteiger partial charge in [0, 0.05) is 45.3 Å². The van der Waals surface area contributed by atoms with Gasteiger partial charge in [-0.15, -0.1) is 0 Å². The first-order chi connectivity index (χ1) is 13.5. The van der Waals surface area contributed by atoms with Crippen molar-refractivity contribution in [1.29, 1.82) is 0 Å². The highest BCUT2D eigenvalue weighted by Gasteiger charge is 2.24. The van der Waals surface area contributed by atoms with E-state index in [9.17, 15) is 14.0 Å². The standard InChI is InChI=1S/C22H30FN3O2/c1-18(27)26(12-11-19-5-3-2-4-6-19)17-22(28)25-15-13-24(14-16-25)21-9-7-20(23)8-10-21/h5,7-10H,2-4,6,11-17H2,1H3. The monoisotopic (exact) mass is 387 g/mol. The molecule has 6 heteroatoms. The van der Waals surface area contributed by atoms with Gasteiger partial charge in [0.1, 0.15) is 5.82 Å². The minimum atomic E-state index is -0.245. The Kier molecular flexibility index (Phi) is 7.06. The van der Waals surface area contributed by atoms with Crippen molar-refractivity contribution in [1.82, 2.24) is 9.80 Å². The second-order valence-electron chi connectivity index (χ2n) is 7.64. The second kappa shape index (κ2) is 9.71. The summed E-state index contributed by atoms with van der Waals surface area (Å²) in [5, 5.41) is 0. The maximum atomic E-state index is 13.1. The third-order valence-corrected chi connectivity index (χ3v) is 5.68. The quantitative estimate of drug-likeness (QED) is 0.704. The summed E-state index contributed by atoms with van der Waals surface area (Å²) < 4.78 is 13.1. The molecule has 2 aliphatic rings. The van der Waals surface area contributed by atoms with E-state index in [4.69, 9.17) is 0 Å². The van der Waals surface area contributed by atoms with Crippen LogP contribution in [-0.2, 0) is 9.59 Å². The lowest BCUT2D eigenvalue weighted by molar-refractivity contribution is -0.139. The van der Waals surface area contributed by atoms with Crippen molar-refractivity contribution in [2.45, 2.75) is 39.0 Å². The van der Waals surface area contributed by atoms with Gasteiger partial charge in [-0.2, -0.15) is 0 Å². The van der Waals surface area contributed by atoms with Crippen molar-refractivity contribution in [3.05, 3.63) is 41.7 Å². The van der Waals surface area contributed by atoms with Crippen LogP contribution in [0.2, 0.25) is 0 Å². The molecule has 0 spiro atoms. The molecule has 5 nitrogen and oxygen atoms in total. The smallest absolute Gasteiger partial charge is 0.242 e. The van der Waals surface area contributed by atoms with Crippen LogP contribution in [0.1, 0.15) is 39.0 Å². The number of rotatable bonds is 6. The fourth-order valence-corrected chi connectivity index (χ4v) is 3.89. The molecule has 0 unspecified atom stereocenters. The molecule has 0 bridgehead atoms. The van der Waals surface area contributed by atoms with Crippen molar-refractivity contribution in [2.24, 2.45) is 0 Å². The zero-order valence-electron chi connectivity index (χ0n) is 16.7. The number of halogens is 1. The topological polar surface area (TPSA) is 43.9 Å². The first kappa shape index (κ1) is 20.4. The van der Waals surface area contributed by atoms with Crippen LogP contribution in [0.5, 0.6) is 0 Å². The minimum Gasteiger partial charge on any atom is -0.368 e. The first-order valence-electron chi connectivity index (χ1n) is 10.2. The molecule has 1 aromatic rings. The average Bonchev–Trinajstić information content (AvgIpc) is 2.72. The molecular weight excluding hydrogens is 357 g/mol. The highest BCUT2D eigenvalue weighted by molar-refractivity contribution is 5.84. The summed E-state index contributed by atoms with van der Waals surface area (Å²) in [7, 11) is 0. The summed E-state index contributed by atoms with van der Waals surface area (Å²) in [6.45, 7) is 4.96. The number of carbonyl (C=O) groups excluding carboxylic acids is 2. The Hall–Kier alpha value is -2.37. The molecule has 0 radical (unpaired) electrons. The molecule has 0 N–H and O–H groups in total. The number of carbonyl (C=O) groups is 2. The minimum absolute atomic E-state index is 0.00609. The third-order valence-electron chi connectivity index (χ3n) is 5.68. The van der Waals surface area contributed by atoms with Gasteiger partial charge < -0.3 is 14.7 Å². The Labute approximate surface area is 166 Å². The number of allylic oxidation sites excluding steroid dienone is 1. The van der Waals surface area contributed by atoms with Gasteiger partial charge in [0.25, 0.3) is 0 Å². The van der Waals surface area contributed by atoms with E-state index in [1.54, 1.807) is 17.0 Å². The van der Waals surface area contributed by atoms with E-state index in [1.807, 2.05) is 4.90 Å². The maximum Gasteiger partial charge on any atom is 0.242 e. The van der Waals surface area contributed by atoms with Crippen LogP contribution in [0.25, 0.3) is 0 Å². The van der Waals surface area contributed by atoms with Crippen LogP contribution < -0.4 is 4.90 Å². The van der Waals surface area contributed by atoms with Crippen LogP contribution in [0.15, 0.2) is 35.9 Å². The highest BCUT2D eigenvalue weighted by Crippen LogP contribution is 2.20. The van der Waals surface area contributed by atoms with E-state index in [2.05, 4.69) is 11.0 Å². The molecule has 152 valence electrons. The maximum absolute atomic E-state index is 13.1. The van der Waals surface area contributed by atoms with Gasteiger partial charge >= 0.3 is 0 Å². The van der Waals surface area contributed by atoms with Gasteiger partial charge in [0.05, 0.1) is 6.54 Å². The first-order valence-corrected chi connectivity index (χ1v) is 10.2. The lowest BCUT2D eigenvalue weighted by Gasteiger charge is -2.37. The summed E-state index contributed by atoms with van der Waals surface area (Å²) in [6, 6.07) is 6.45. The Bertz CT molecular complexity index is 709. The summed E-state index contributed by atoms with van der Waals surface area (Å²) in [5.41, 5.74) is 2.39. The predicted molar refractivity (Wildman–Crippen MR) is 109 cm³/mol. The number of anilines is 1. The van der Waals surface area contributed by atoms with E-state index in [1.165, 1.54) is 37.5 Å². The van der Waals surface area contributed by atoms with Crippen LogP contribution in [0.3, 0.4) is 0 Å². The highest BCUT2D eigenvalue weighted by atomic mass is 19.1. The van der Waals surface area contributed by atoms with E-state index in [0.717, 1.165) is 24.9 Å². The van der Waals surface area contributed by atoms with Crippen LogP contribution in [-0.4, -0.2) is 60.9 Å². The van der Waals surface area contributed by atoms with E-state index < -0.39 is 0 Å². The molecule has 1 heterocycles. The predicted octanol–water partition coefficient (Wildman–Crippen LogP) is 3.21. The SMILES string of the molecule is CC(=O)N(CCC1=CCCCC1)CC(=O)N1CCN(c2ccc(F)cc2)CC1. The summed E-state index contributed by atoms with van der Waals surface area (Å²) in [4.78, 5) is 30.4. The molecule has 1 aliphatic heterocycles. The molecule has 3 rings (SSSR count). The van der Waals surface area contributed by atoms with Gasteiger partial charge in [-0.1, -0.05) is 11.6 Å². The fraction of sp³-hybridized carbons (Fsp3) is 0.545. The molecule has 0 aromatic heterocycles. The molecule has 1 aliphatic carbocycles. The zero-order chi connectivity index (χ0) is 19.9. The molecule has 28 heavy (non-hydrogen) atoms. The molecule has 1 fully saturated rings. The summed E-state index contributed by atoms with van der Waals surface area (Å²) >= 11 is 0. The molecule has 1 aromatic carbocycles. The van der Waals surface area contributed by atoms with Crippen molar-refractivity contribution in [3.8, 4) is 0 Å². The van der Waals surface area contributed by atoms with Crippen LogP contribution >= 0.6 is 0 Å². The number of hydrogen-bond acceptors (Lipinski definition) is 3. The number of piperazine rings is 1. The molecule has 2 amide bonds. The van der Waals surface area contributed by atoms with Crippen LogP contribution in [0.4, 0.5) is 10.1 Å². The Morgan fingerprint density at radius 1 is 1.07 bits per heavy atom. The average molecular weight is 387 g/mol. The number of amides is 2. The van der Waals surface area contributed by atoms with Crippen molar-refractivity contribution < 1.29 is 14.0 Å². The van der Waals surface area contributed by atoms with Gasteiger partial charge in [-0.3, -0.25) is 9.59 Å². The van der Waals surface area contributed by atoms with Gasteiger partial charge in [0.15, 0.2) is 0 Å². The molecular formula is C22H30FN3O2. The fourth-order valence-electron chi connectivity index (χ4n) is 3.89. The Morgan fingerprint density at radius 3 is 2.39 bits per heavy atom. The largest absolute Gasteiger partial charge is 0.368 e. The van der Waals surface area contributed by atoms with Gasteiger partial charge in [0.2, 0.25) is 11.8 Å². The summed E-state index contributed by atoms with van der Waals surface area (Å²) in [6.07, 6.45) is 7.88. The van der Waals surface area contributed by atoms with Crippen molar-refractivity contribution in [2.75, 3.05) is 44.2 Å². The molecule has 0 atom stereocenters. The van der Waals surface area contributed by atoms with Crippen molar-refractivity contribution >= 4 is 17.5 Å². The van der Waals surface area contributed by atoms with E-state index in [-0.39, 0.29) is 24.2 Å². The summed E-state index contributed by atoms with van der Waals surface area (Å²) in [5.74, 6) is -0.285. The molecule has 1 saturated heterocycles. The second-order valence-corrected chi connectivity index (χ2v) is 7.64.